The average molecular weight is 153 g/mol. The van der Waals surface area contributed by atoms with Gasteiger partial charge in [-0.1, -0.05) is 0 Å². The number of hydrogen-bond donors (Lipinski definition) is 1. The van der Waals surface area contributed by atoms with Gasteiger partial charge in [0.05, 0.1) is 10.6 Å². The van der Waals surface area contributed by atoms with Crippen LogP contribution in [0.25, 0.3) is 0 Å². The molecular formula is C6H7N3S. The van der Waals surface area contributed by atoms with Crippen LogP contribution in [-0.4, -0.2) is 15.7 Å². The van der Waals surface area contributed by atoms with Gasteiger partial charge in [-0.3, -0.25) is 0 Å². The molecule has 2 N–H and O–H groups in total. The Morgan fingerprint density at radius 3 is 3.20 bits per heavy atom. The molecule has 0 spiro atoms. The van der Waals surface area contributed by atoms with Crippen LogP contribution in [0.4, 0.5) is 5.82 Å². The Labute approximate surface area is 63.1 Å². The van der Waals surface area contributed by atoms with Gasteiger partial charge in [0.2, 0.25) is 0 Å². The average Bonchev–Trinajstić information content (AvgIpc) is 2.36. The summed E-state index contributed by atoms with van der Waals surface area (Å²) < 4.78 is 0. The molecule has 2 rings (SSSR count). The van der Waals surface area contributed by atoms with Crippen molar-refractivity contribution in [2.24, 2.45) is 0 Å². The van der Waals surface area contributed by atoms with Gasteiger partial charge < -0.3 is 5.73 Å². The fourth-order valence-corrected chi connectivity index (χ4v) is 2.03. The molecule has 4 heteroatoms. The summed E-state index contributed by atoms with van der Waals surface area (Å²) >= 11 is 1.74. The second-order valence-corrected chi connectivity index (χ2v) is 3.24. The van der Waals surface area contributed by atoms with Crippen LogP contribution in [0.3, 0.4) is 0 Å². The zero-order valence-corrected chi connectivity index (χ0v) is 6.19. The first-order chi connectivity index (χ1) is 4.88. The highest BCUT2D eigenvalue weighted by Gasteiger charge is 2.15. The maximum Gasteiger partial charge on any atom is 0.140 e. The minimum Gasteiger partial charge on any atom is -0.383 e. The highest BCUT2D eigenvalue weighted by molar-refractivity contribution is 7.99. The monoisotopic (exact) mass is 153 g/mol. The van der Waals surface area contributed by atoms with Gasteiger partial charge in [0.25, 0.3) is 0 Å². The highest BCUT2D eigenvalue weighted by Crippen LogP contribution is 2.32. The summed E-state index contributed by atoms with van der Waals surface area (Å²) in [6, 6.07) is 0. The molecular weight excluding hydrogens is 146 g/mol. The van der Waals surface area contributed by atoms with E-state index in [1.54, 1.807) is 11.8 Å². The first kappa shape index (κ1) is 5.97. The summed E-state index contributed by atoms with van der Waals surface area (Å²) in [4.78, 5) is 9.09. The van der Waals surface area contributed by atoms with Crippen LogP contribution >= 0.6 is 11.8 Å². The molecule has 2 heterocycles. The number of aryl methyl sites for hydroxylation is 1. The van der Waals surface area contributed by atoms with Crippen molar-refractivity contribution in [1.29, 1.82) is 0 Å². The summed E-state index contributed by atoms with van der Waals surface area (Å²) in [6.07, 6.45) is 2.56. The van der Waals surface area contributed by atoms with E-state index < -0.39 is 0 Å². The zero-order chi connectivity index (χ0) is 6.97. The summed E-state index contributed by atoms with van der Waals surface area (Å²) in [7, 11) is 0. The number of rotatable bonds is 0. The van der Waals surface area contributed by atoms with Gasteiger partial charge in [0.15, 0.2) is 0 Å². The first-order valence-corrected chi connectivity index (χ1v) is 4.08. The van der Waals surface area contributed by atoms with E-state index in [1.165, 1.54) is 6.33 Å². The van der Waals surface area contributed by atoms with Gasteiger partial charge in [0.1, 0.15) is 12.1 Å². The predicted octanol–water partition coefficient (Wildman–Crippen LogP) is 0.707. The third-order valence-electron chi connectivity index (χ3n) is 1.49. The number of aromatic nitrogens is 2. The molecule has 0 saturated carbocycles. The summed E-state index contributed by atoms with van der Waals surface area (Å²) in [5, 5.41) is 0. The van der Waals surface area contributed by atoms with Gasteiger partial charge in [0, 0.05) is 12.2 Å². The van der Waals surface area contributed by atoms with Crippen LogP contribution in [0.5, 0.6) is 0 Å². The Bertz CT molecular complexity index is 261. The van der Waals surface area contributed by atoms with Crippen LogP contribution < -0.4 is 5.73 Å². The predicted molar refractivity (Wildman–Crippen MR) is 40.9 cm³/mol. The molecule has 0 aromatic carbocycles. The van der Waals surface area contributed by atoms with Gasteiger partial charge in [-0.25, -0.2) is 9.97 Å². The van der Waals surface area contributed by atoms with Crippen LogP contribution in [0.2, 0.25) is 0 Å². The number of nitrogen functional groups attached to an aromatic ring is 1. The molecule has 10 heavy (non-hydrogen) atoms. The van der Waals surface area contributed by atoms with Gasteiger partial charge in [-0.05, 0) is 0 Å². The third-order valence-corrected chi connectivity index (χ3v) is 2.63. The fourth-order valence-electron chi connectivity index (χ4n) is 1.01. The molecule has 0 bridgehead atoms. The third kappa shape index (κ3) is 0.759. The zero-order valence-electron chi connectivity index (χ0n) is 5.37. The van der Waals surface area contributed by atoms with Gasteiger partial charge in [-0.15, -0.1) is 11.8 Å². The fraction of sp³-hybridized carbons (Fsp3) is 0.333. The van der Waals surface area contributed by atoms with E-state index in [9.17, 15) is 0 Å². The molecule has 52 valence electrons. The standard InChI is InChI=1S/C6H7N3S/c7-6-5-4(1-2-10-5)8-3-9-6/h3H,1-2H2,(H2,7,8,9). The normalized spacial score (nSPS) is 15.2. The van der Waals surface area contributed by atoms with E-state index in [2.05, 4.69) is 9.97 Å². The second-order valence-electron chi connectivity index (χ2n) is 2.13. The topological polar surface area (TPSA) is 51.8 Å². The molecule has 1 aromatic rings. The van der Waals surface area contributed by atoms with Crippen molar-refractivity contribution in [2.75, 3.05) is 11.5 Å². The molecule has 3 nitrogen and oxygen atoms in total. The largest absolute Gasteiger partial charge is 0.383 e. The molecule has 0 amide bonds. The highest BCUT2D eigenvalue weighted by atomic mass is 32.2. The molecule has 1 aliphatic heterocycles. The Kier molecular flexibility index (Phi) is 1.27. The van der Waals surface area contributed by atoms with Crippen LogP contribution in [0, 0.1) is 0 Å². The minimum atomic E-state index is 0.632. The van der Waals surface area contributed by atoms with E-state index in [0.717, 1.165) is 22.8 Å². The Morgan fingerprint density at radius 2 is 2.40 bits per heavy atom. The quantitative estimate of drug-likeness (QED) is 0.596. The van der Waals surface area contributed by atoms with Gasteiger partial charge in [-0.2, -0.15) is 0 Å². The lowest BCUT2D eigenvalue weighted by Crippen LogP contribution is -1.95. The SMILES string of the molecule is Nc1ncnc2c1SCC2. The number of nitrogens with zero attached hydrogens (tertiary/aromatic N) is 2. The second kappa shape index (κ2) is 2.12. The van der Waals surface area contributed by atoms with Crippen molar-refractivity contribution in [3.8, 4) is 0 Å². The molecule has 0 saturated heterocycles. The van der Waals surface area contributed by atoms with Gasteiger partial charge >= 0.3 is 0 Å². The first-order valence-electron chi connectivity index (χ1n) is 3.10. The lowest BCUT2D eigenvalue weighted by Gasteiger charge is -1.97. The van der Waals surface area contributed by atoms with Crippen molar-refractivity contribution in [3.05, 3.63) is 12.0 Å². The summed E-state index contributed by atoms with van der Waals surface area (Å²) in [5.74, 6) is 1.73. The summed E-state index contributed by atoms with van der Waals surface area (Å²) in [5.41, 5.74) is 6.71. The number of anilines is 1. The number of fused-ring (bicyclic) bond motifs is 1. The Hall–Kier alpha value is -0.770. The van der Waals surface area contributed by atoms with E-state index in [0.29, 0.717) is 5.82 Å². The lowest BCUT2D eigenvalue weighted by molar-refractivity contribution is 0.983. The molecule has 0 unspecified atom stereocenters. The lowest BCUT2D eigenvalue weighted by atomic mass is 10.3. The van der Waals surface area contributed by atoms with Crippen molar-refractivity contribution >= 4 is 17.6 Å². The van der Waals surface area contributed by atoms with Crippen LogP contribution in [0.15, 0.2) is 11.2 Å². The molecule has 0 atom stereocenters. The molecule has 1 aromatic heterocycles. The van der Waals surface area contributed by atoms with Crippen molar-refractivity contribution in [1.82, 2.24) is 9.97 Å². The maximum absolute atomic E-state index is 5.60. The smallest absolute Gasteiger partial charge is 0.140 e. The molecule has 0 aliphatic carbocycles. The van der Waals surface area contributed by atoms with Crippen molar-refractivity contribution < 1.29 is 0 Å². The minimum absolute atomic E-state index is 0.632. The van der Waals surface area contributed by atoms with E-state index in [1.807, 2.05) is 0 Å². The summed E-state index contributed by atoms with van der Waals surface area (Å²) in [6.45, 7) is 0. The number of hydrogen-bond acceptors (Lipinski definition) is 4. The van der Waals surface area contributed by atoms with Crippen molar-refractivity contribution in [2.45, 2.75) is 11.3 Å². The van der Waals surface area contributed by atoms with E-state index in [4.69, 9.17) is 5.73 Å². The Morgan fingerprint density at radius 1 is 1.50 bits per heavy atom. The number of nitrogens with two attached hydrogens (primary N) is 1. The number of thioether (sulfide) groups is 1. The van der Waals surface area contributed by atoms with Crippen LogP contribution in [0.1, 0.15) is 5.69 Å². The van der Waals surface area contributed by atoms with E-state index in [-0.39, 0.29) is 0 Å². The molecule has 0 radical (unpaired) electrons. The maximum atomic E-state index is 5.60. The van der Waals surface area contributed by atoms with Crippen LogP contribution in [-0.2, 0) is 6.42 Å². The Balaban J connectivity index is 2.59. The molecule has 0 fully saturated rings. The van der Waals surface area contributed by atoms with Crippen molar-refractivity contribution in [3.63, 3.8) is 0 Å². The molecule has 1 aliphatic rings. The van der Waals surface area contributed by atoms with E-state index >= 15 is 0 Å².